The van der Waals surface area contributed by atoms with E-state index in [9.17, 15) is 9.18 Å². The average molecular weight is 500 g/mol. The molecule has 8 nitrogen and oxygen atoms in total. The second kappa shape index (κ2) is 8.70. The lowest BCUT2D eigenvalue weighted by molar-refractivity contribution is 0.102. The van der Waals surface area contributed by atoms with Crippen LogP contribution in [0.5, 0.6) is 0 Å². The SMILES string of the molecule is Cc1nn(Cn2ccc(C(=O)Nc3c(C)nn(Cc4cccc(F)c4)c3C)n2)c(C)c1Br. The van der Waals surface area contributed by atoms with Gasteiger partial charge in [0, 0.05) is 6.20 Å². The topological polar surface area (TPSA) is 82.6 Å². The fraction of sp³-hybridized carbons (Fsp3) is 0.273. The summed E-state index contributed by atoms with van der Waals surface area (Å²) in [7, 11) is 0. The van der Waals surface area contributed by atoms with E-state index < -0.39 is 0 Å². The summed E-state index contributed by atoms with van der Waals surface area (Å²) in [6.07, 6.45) is 1.74. The summed E-state index contributed by atoms with van der Waals surface area (Å²) >= 11 is 3.51. The maximum Gasteiger partial charge on any atom is 0.276 e. The highest BCUT2D eigenvalue weighted by Crippen LogP contribution is 2.22. The Bertz CT molecular complexity index is 1300. The molecule has 0 saturated heterocycles. The molecule has 4 rings (SSSR count). The molecule has 3 aromatic heterocycles. The lowest BCUT2D eigenvalue weighted by atomic mass is 10.2. The van der Waals surface area contributed by atoms with Crippen LogP contribution in [0.3, 0.4) is 0 Å². The first-order valence-electron chi connectivity index (χ1n) is 10.1. The standard InChI is InChI=1S/C22H23BrFN7O/c1-13-20(23)15(3)31(26-13)12-29-9-8-19(28-29)22(32)25-21-14(2)27-30(16(21)4)11-17-6-5-7-18(24)10-17/h5-10H,11-12H2,1-4H3,(H,25,32). The van der Waals surface area contributed by atoms with Crippen LogP contribution in [0.2, 0.25) is 0 Å². The van der Waals surface area contributed by atoms with E-state index in [1.807, 2.05) is 38.4 Å². The van der Waals surface area contributed by atoms with Crippen molar-refractivity contribution in [2.75, 3.05) is 5.32 Å². The minimum absolute atomic E-state index is 0.291. The third-order valence-corrected chi connectivity index (χ3v) is 6.43. The van der Waals surface area contributed by atoms with Crippen molar-refractivity contribution >= 4 is 27.5 Å². The molecule has 0 radical (unpaired) electrons. The number of hydrogen-bond acceptors (Lipinski definition) is 4. The molecule has 4 aromatic rings. The predicted molar refractivity (Wildman–Crippen MR) is 122 cm³/mol. The van der Waals surface area contributed by atoms with Gasteiger partial charge in [-0.05, 0) is 67.4 Å². The van der Waals surface area contributed by atoms with Crippen LogP contribution in [0.15, 0.2) is 41.0 Å². The molecule has 32 heavy (non-hydrogen) atoms. The zero-order chi connectivity index (χ0) is 23.0. The first-order valence-corrected chi connectivity index (χ1v) is 10.8. The number of aromatic nitrogens is 6. The zero-order valence-electron chi connectivity index (χ0n) is 18.2. The van der Waals surface area contributed by atoms with Crippen molar-refractivity contribution in [3.63, 3.8) is 0 Å². The molecule has 0 spiro atoms. The molecule has 10 heteroatoms. The lowest BCUT2D eigenvalue weighted by Gasteiger charge is -2.07. The summed E-state index contributed by atoms with van der Waals surface area (Å²) < 4.78 is 19.7. The number of carbonyl (C=O) groups is 1. The van der Waals surface area contributed by atoms with E-state index in [1.54, 1.807) is 27.7 Å². The van der Waals surface area contributed by atoms with Crippen LogP contribution in [-0.4, -0.2) is 35.2 Å². The second-order valence-electron chi connectivity index (χ2n) is 7.65. The van der Waals surface area contributed by atoms with Gasteiger partial charge in [-0.15, -0.1) is 0 Å². The first-order chi connectivity index (χ1) is 15.2. The van der Waals surface area contributed by atoms with Crippen LogP contribution in [0.25, 0.3) is 0 Å². The van der Waals surface area contributed by atoms with E-state index in [1.165, 1.54) is 12.1 Å². The summed E-state index contributed by atoms with van der Waals surface area (Å²) in [5.74, 6) is -0.615. The van der Waals surface area contributed by atoms with E-state index in [0.717, 1.165) is 27.1 Å². The van der Waals surface area contributed by atoms with Gasteiger partial charge >= 0.3 is 0 Å². The Morgan fingerprint density at radius 1 is 1.03 bits per heavy atom. The van der Waals surface area contributed by atoms with Crippen LogP contribution in [0, 0.1) is 33.5 Å². The highest BCUT2D eigenvalue weighted by molar-refractivity contribution is 9.10. The summed E-state index contributed by atoms with van der Waals surface area (Å²) in [5.41, 5.74) is 5.06. The van der Waals surface area contributed by atoms with Gasteiger partial charge in [-0.2, -0.15) is 15.3 Å². The molecule has 1 aromatic carbocycles. The lowest BCUT2D eigenvalue weighted by Crippen LogP contribution is -2.16. The summed E-state index contributed by atoms with van der Waals surface area (Å²) in [4.78, 5) is 12.8. The van der Waals surface area contributed by atoms with Crippen molar-refractivity contribution in [1.29, 1.82) is 0 Å². The van der Waals surface area contributed by atoms with Crippen LogP contribution in [-0.2, 0) is 13.2 Å². The number of anilines is 1. The van der Waals surface area contributed by atoms with Crippen LogP contribution >= 0.6 is 15.9 Å². The van der Waals surface area contributed by atoms with Gasteiger partial charge in [0.25, 0.3) is 5.91 Å². The Kier molecular flexibility index (Phi) is 5.96. The first kappa shape index (κ1) is 21.9. The number of nitrogens with zero attached hydrogens (tertiary/aromatic N) is 6. The number of nitrogens with one attached hydrogen (secondary N) is 1. The predicted octanol–water partition coefficient (Wildman–Crippen LogP) is 4.22. The molecule has 0 aliphatic heterocycles. The summed E-state index contributed by atoms with van der Waals surface area (Å²) in [6.45, 7) is 8.39. The van der Waals surface area contributed by atoms with Crippen LogP contribution in [0.4, 0.5) is 10.1 Å². The fourth-order valence-corrected chi connectivity index (χ4v) is 3.81. The van der Waals surface area contributed by atoms with E-state index in [0.29, 0.717) is 30.3 Å². The highest BCUT2D eigenvalue weighted by Gasteiger charge is 2.18. The molecule has 3 heterocycles. The molecule has 0 saturated carbocycles. The molecule has 1 amide bonds. The summed E-state index contributed by atoms with van der Waals surface area (Å²) in [5, 5.41) is 16.3. The molecule has 0 aliphatic rings. The Balaban J connectivity index is 1.48. The van der Waals surface area contributed by atoms with E-state index in [4.69, 9.17) is 0 Å². The number of halogens is 2. The maximum atomic E-state index is 13.5. The Labute approximate surface area is 193 Å². The van der Waals surface area contributed by atoms with Crippen molar-refractivity contribution in [3.8, 4) is 0 Å². The molecule has 0 aliphatic carbocycles. The van der Waals surface area contributed by atoms with Crippen LogP contribution in [0.1, 0.15) is 38.8 Å². The smallest absolute Gasteiger partial charge is 0.276 e. The van der Waals surface area contributed by atoms with Gasteiger partial charge < -0.3 is 5.32 Å². The van der Waals surface area contributed by atoms with Crippen molar-refractivity contribution in [2.45, 2.75) is 40.9 Å². The Morgan fingerprint density at radius 3 is 2.47 bits per heavy atom. The van der Waals surface area contributed by atoms with Crippen molar-refractivity contribution in [3.05, 3.63) is 80.9 Å². The summed E-state index contributed by atoms with van der Waals surface area (Å²) in [6, 6.07) is 8.05. The van der Waals surface area contributed by atoms with Crippen molar-refractivity contribution in [2.24, 2.45) is 0 Å². The Morgan fingerprint density at radius 2 is 1.78 bits per heavy atom. The maximum absolute atomic E-state index is 13.5. The molecule has 0 atom stereocenters. The monoisotopic (exact) mass is 499 g/mol. The Hall–Kier alpha value is -3.27. The van der Waals surface area contributed by atoms with Gasteiger partial charge in [0.05, 0.1) is 39.5 Å². The van der Waals surface area contributed by atoms with E-state index in [2.05, 4.69) is 36.5 Å². The number of hydrogen-bond donors (Lipinski definition) is 1. The average Bonchev–Trinajstić information content (AvgIpc) is 3.39. The third kappa shape index (κ3) is 4.36. The minimum atomic E-state index is -0.324. The van der Waals surface area contributed by atoms with Gasteiger partial charge in [0.15, 0.2) is 5.69 Å². The normalized spacial score (nSPS) is 11.2. The molecule has 166 valence electrons. The number of aryl methyl sites for hydroxylation is 2. The number of carbonyl (C=O) groups excluding carboxylic acids is 1. The second-order valence-corrected chi connectivity index (χ2v) is 8.45. The fourth-order valence-electron chi connectivity index (χ4n) is 3.53. The molecule has 0 unspecified atom stereocenters. The van der Waals surface area contributed by atoms with Crippen LogP contribution < -0.4 is 5.32 Å². The quantitative estimate of drug-likeness (QED) is 0.430. The van der Waals surface area contributed by atoms with Gasteiger partial charge in [-0.1, -0.05) is 12.1 Å². The van der Waals surface area contributed by atoms with Gasteiger partial charge in [0.2, 0.25) is 0 Å². The number of rotatable bonds is 6. The zero-order valence-corrected chi connectivity index (χ0v) is 19.8. The highest BCUT2D eigenvalue weighted by atomic mass is 79.9. The van der Waals surface area contributed by atoms with Crippen molar-refractivity contribution in [1.82, 2.24) is 29.3 Å². The third-order valence-electron chi connectivity index (χ3n) is 5.29. The number of benzene rings is 1. The molecular weight excluding hydrogens is 477 g/mol. The largest absolute Gasteiger partial charge is 0.317 e. The molecule has 0 bridgehead atoms. The van der Waals surface area contributed by atoms with E-state index >= 15 is 0 Å². The van der Waals surface area contributed by atoms with Gasteiger partial charge in [-0.3, -0.25) is 14.2 Å². The minimum Gasteiger partial charge on any atom is -0.317 e. The van der Waals surface area contributed by atoms with Crippen molar-refractivity contribution < 1.29 is 9.18 Å². The molecule has 1 N–H and O–H groups in total. The van der Waals surface area contributed by atoms with Gasteiger partial charge in [-0.25, -0.2) is 9.07 Å². The molecular formula is C22H23BrFN7O. The van der Waals surface area contributed by atoms with E-state index in [-0.39, 0.29) is 11.7 Å². The van der Waals surface area contributed by atoms with Gasteiger partial charge in [0.1, 0.15) is 12.5 Å². The number of amides is 1. The molecule has 0 fully saturated rings.